The molecule has 0 bridgehead atoms. The minimum absolute atomic E-state index is 0.185. The Bertz CT molecular complexity index is 476. The van der Waals surface area contributed by atoms with Crippen molar-refractivity contribution in [1.29, 1.82) is 0 Å². The fourth-order valence-electron chi connectivity index (χ4n) is 0.996. The molecule has 0 aliphatic heterocycles. The Balaban J connectivity index is 3.12. The first kappa shape index (κ1) is 12.9. The van der Waals surface area contributed by atoms with E-state index in [1.54, 1.807) is 0 Å². The fourth-order valence-corrected chi connectivity index (χ4v) is 0.996. The lowest BCUT2D eigenvalue weighted by molar-refractivity contribution is -0.126. The second kappa shape index (κ2) is 4.81. The molecule has 92 valence electrons. The molecule has 4 nitrogen and oxygen atoms in total. The Hall–Kier alpha value is -2.12. The third kappa shape index (κ3) is 2.92. The van der Waals surface area contributed by atoms with Gasteiger partial charge >= 0.3 is 12.4 Å². The van der Waals surface area contributed by atoms with Crippen molar-refractivity contribution in [2.45, 2.75) is 6.43 Å². The summed E-state index contributed by atoms with van der Waals surface area (Å²) in [5, 5.41) is 9.94. The molecule has 0 aliphatic carbocycles. The molecule has 0 aliphatic rings. The molecule has 0 fully saturated rings. The van der Waals surface area contributed by atoms with Crippen LogP contribution in [0.15, 0.2) is 12.1 Å². The van der Waals surface area contributed by atoms with Gasteiger partial charge in [0, 0.05) is 6.07 Å². The number of aromatic carboxylic acids is 1. The molecular formula is C9H5F4NO3. The van der Waals surface area contributed by atoms with Crippen molar-refractivity contribution in [3.8, 4) is 0 Å². The number of carboxylic acids is 1. The van der Waals surface area contributed by atoms with Gasteiger partial charge in [0.05, 0.1) is 11.3 Å². The van der Waals surface area contributed by atoms with Crippen molar-refractivity contribution < 1.29 is 32.3 Å². The maximum Gasteiger partial charge on any atom is 0.338 e. The number of hydrogen-bond acceptors (Lipinski definition) is 2. The quantitative estimate of drug-likeness (QED) is 0.806. The molecule has 0 atom stereocenters. The van der Waals surface area contributed by atoms with Crippen LogP contribution in [0.25, 0.3) is 0 Å². The van der Waals surface area contributed by atoms with Gasteiger partial charge in [-0.05, 0) is 6.07 Å². The van der Waals surface area contributed by atoms with Crippen molar-refractivity contribution in [1.82, 2.24) is 0 Å². The average Bonchev–Trinajstić information content (AvgIpc) is 2.21. The highest BCUT2D eigenvalue weighted by molar-refractivity contribution is 5.95. The van der Waals surface area contributed by atoms with Gasteiger partial charge in [-0.25, -0.2) is 13.6 Å². The Morgan fingerprint density at radius 2 is 1.76 bits per heavy atom. The number of hydrogen-bond donors (Lipinski definition) is 2. The van der Waals surface area contributed by atoms with Crippen LogP contribution in [-0.2, 0) is 4.79 Å². The van der Waals surface area contributed by atoms with Crippen LogP contribution < -0.4 is 5.32 Å². The Kier molecular flexibility index (Phi) is 3.66. The van der Waals surface area contributed by atoms with Crippen LogP contribution in [0, 0.1) is 11.6 Å². The number of carboxylic acid groups (broad SMARTS) is 1. The number of carbonyl (C=O) groups excluding carboxylic acids is 1. The molecule has 0 radical (unpaired) electrons. The Morgan fingerprint density at radius 3 is 2.24 bits per heavy atom. The van der Waals surface area contributed by atoms with Crippen LogP contribution in [0.4, 0.5) is 23.2 Å². The lowest BCUT2D eigenvalue weighted by Gasteiger charge is -2.07. The topological polar surface area (TPSA) is 66.4 Å². The highest BCUT2D eigenvalue weighted by Crippen LogP contribution is 2.20. The number of carbonyl (C=O) groups is 2. The van der Waals surface area contributed by atoms with Gasteiger partial charge in [-0.1, -0.05) is 0 Å². The molecule has 1 rings (SSSR count). The highest BCUT2D eigenvalue weighted by Gasteiger charge is 2.20. The molecular weight excluding hydrogens is 246 g/mol. The van der Waals surface area contributed by atoms with Gasteiger partial charge in [-0.3, -0.25) is 4.79 Å². The zero-order valence-electron chi connectivity index (χ0n) is 8.01. The van der Waals surface area contributed by atoms with E-state index in [0.717, 1.165) is 0 Å². The normalized spacial score (nSPS) is 10.4. The van der Waals surface area contributed by atoms with E-state index >= 15 is 0 Å². The van der Waals surface area contributed by atoms with Gasteiger partial charge in [0.1, 0.15) is 11.6 Å². The van der Waals surface area contributed by atoms with Crippen molar-refractivity contribution in [3.05, 3.63) is 29.3 Å². The zero-order chi connectivity index (χ0) is 13.2. The lowest BCUT2D eigenvalue weighted by Crippen LogP contribution is -2.21. The van der Waals surface area contributed by atoms with E-state index in [1.807, 2.05) is 0 Å². The largest absolute Gasteiger partial charge is 0.478 e. The van der Waals surface area contributed by atoms with Crippen LogP contribution in [-0.4, -0.2) is 23.4 Å². The Morgan fingerprint density at radius 1 is 1.18 bits per heavy atom. The molecule has 1 aromatic rings. The van der Waals surface area contributed by atoms with E-state index in [2.05, 4.69) is 0 Å². The molecule has 17 heavy (non-hydrogen) atoms. The van der Waals surface area contributed by atoms with Crippen molar-refractivity contribution in [2.75, 3.05) is 5.32 Å². The molecule has 0 unspecified atom stereocenters. The first-order valence-electron chi connectivity index (χ1n) is 4.14. The summed E-state index contributed by atoms with van der Waals surface area (Å²) < 4.78 is 49.6. The summed E-state index contributed by atoms with van der Waals surface area (Å²) in [6.07, 6.45) is -3.40. The summed E-state index contributed by atoms with van der Waals surface area (Å²) >= 11 is 0. The summed E-state index contributed by atoms with van der Waals surface area (Å²) in [6.45, 7) is 0. The molecule has 0 aromatic heterocycles. The van der Waals surface area contributed by atoms with E-state index in [9.17, 15) is 27.2 Å². The van der Waals surface area contributed by atoms with E-state index < -0.39 is 41.2 Å². The first-order chi connectivity index (χ1) is 7.82. The number of nitrogens with one attached hydrogen (secondary N) is 1. The van der Waals surface area contributed by atoms with Crippen molar-refractivity contribution >= 4 is 17.6 Å². The summed E-state index contributed by atoms with van der Waals surface area (Å²) in [4.78, 5) is 21.0. The maximum absolute atomic E-state index is 13.0. The Labute approximate surface area is 91.9 Å². The van der Waals surface area contributed by atoms with Crippen LogP contribution >= 0.6 is 0 Å². The number of anilines is 1. The molecule has 1 amide bonds. The smallest absolute Gasteiger partial charge is 0.338 e. The van der Waals surface area contributed by atoms with Gasteiger partial charge in [0.15, 0.2) is 0 Å². The fraction of sp³-hybridized carbons (Fsp3) is 0.111. The number of rotatable bonds is 3. The zero-order valence-corrected chi connectivity index (χ0v) is 8.01. The summed E-state index contributed by atoms with van der Waals surface area (Å²) in [7, 11) is 0. The average molecular weight is 251 g/mol. The molecule has 0 saturated carbocycles. The maximum atomic E-state index is 13.0. The second-order valence-corrected chi connectivity index (χ2v) is 2.91. The third-order valence-electron chi connectivity index (χ3n) is 1.74. The van der Waals surface area contributed by atoms with Gasteiger partial charge in [-0.15, -0.1) is 0 Å². The summed E-state index contributed by atoms with van der Waals surface area (Å²) in [5.74, 6) is -6.24. The molecule has 0 heterocycles. The van der Waals surface area contributed by atoms with Crippen LogP contribution in [0.3, 0.4) is 0 Å². The number of amides is 1. The standard InChI is InChI=1S/C9H5F4NO3/c10-4-2-5(11)6(1-3(4)9(16)17)14-8(15)7(12)13/h1-2,7H,(H,14,15)(H,16,17). The summed E-state index contributed by atoms with van der Waals surface area (Å²) in [6, 6.07) is 0.609. The van der Waals surface area contributed by atoms with E-state index in [4.69, 9.17) is 5.11 Å². The predicted octanol–water partition coefficient (Wildman–Crippen LogP) is 1.87. The molecule has 0 saturated heterocycles. The highest BCUT2D eigenvalue weighted by atomic mass is 19.3. The SMILES string of the molecule is O=C(O)c1cc(NC(=O)C(F)F)c(F)cc1F. The van der Waals surface area contributed by atoms with Gasteiger partial charge in [-0.2, -0.15) is 8.78 Å². The second-order valence-electron chi connectivity index (χ2n) is 2.91. The minimum Gasteiger partial charge on any atom is -0.478 e. The molecule has 1 aromatic carbocycles. The van der Waals surface area contributed by atoms with Gasteiger partial charge in [0.2, 0.25) is 0 Å². The summed E-state index contributed by atoms with van der Waals surface area (Å²) in [5.41, 5.74) is -1.76. The number of benzene rings is 1. The minimum atomic E-state index is -3.40. The first-order valence-corrected chi connectivity index (χ1v) is 4.14. The third-order valence-corrected chi connectivity index (χ3v) is 1.74. The van der Waals surface area contributed by atoms with E-state index in [1.165, 1.54) is 5.32 Å². The molecule has 0 spiro atoms. The lowest BCUT2D eigenvalue weighted by atomic mass is 10.2. The van der Waals surface area contributed by atoms with Crippen molar-refractivity contribution in [2.24, 2.45) is 0 Å². The van der Waals surface area contributed by atoms with Gasteiger partial charge < -0.3 is 10.4 Å². The van der Waals surface area contributed by atoms with Crippen molar-refractivity contribution in [3.63, 3.8) is 0 Å². The van der Waals surface area contributed by atoms with Crippen LogP contribution in [0.5, 0.6) is 0 Å². The predicted molar refractivity (Wildman–Crippen MR) is 48.0 cm³/mol. The number of halogens is 4. The van der Waals surface area contributed by atoms with E-state index in [-0.39, 0.29) is 6.07 Å². The van der Waals surface area contributed by atoms with Crippen LogP contribution in [0.2, 0.25) is 0 Å². The van der Waals surface area contributed by atoms with E-state index in [0.29, 0.717) is 6.07 Å². The monoisotopic (exact) mass is 251 g/mol. The molecule has 8 heteroatoms. The van der Waals surface area contributed by atoms with Crippen LogP contribution in [0.1, 0.15) is 10.4 Å². The van der Waals surface area contributed by atoms with Gasteiger partial charge in [0.25, 0.3) is 5.91 Å². The number of alkyl halides is 2. The molecule has 2 N–H and O–H groups in total.